The van der Waals surface area contributed by atoms with Gasteiger partial charge in [0.2, 0.25) is 5.91 Å². The number of unbranched alkanes of at least 4 members (excludes halogenated alkanes) is 21. The molecule has 0 aromatic heterocycles. The van der Waals surface area contributed by atoms with Crippen LogP contribution >= 0.6 is 7.82 Å². The summed E-state index contributed by atoms with van der Waals surface area (Å²) in [6.45, 7) is 6.81. The predicted octanol–water partition coefficient (Wildman–Crippen LogP) is 15.7. The summed E-state index contributed by atoms with van der Waals surface area (Å²) >= 11 is 0. The lowest BCUT2D eigenvalue weighted by molar-refractivity contribution is -0.870. The first kappa shape index (κ1) is 63.5. The van der Waals surface area contributed by atoms with Crippen LogP contribution in [0.5, 0.6) is 0 Å². The Morgan fingerprint density at radius 1 is 0.545 bits per heavy atom. The third kappa shape index (κ3) is 46.6. The third-order valence-electron chi connectivity index (χ3n) is 11.4. The lowest BCUT2D eigenvalue weighted by Gasteiger charge is -2.27. The Labute approximate surface area is 406 Å². The van der Waals surface area contributed by atoms with Gasteiger partial charge in [-0.2, -0.15) is 0 Å². The van der Waals surface area contributed by atoms with Crippen LogP contribution in [0, 0.1) is 0 Å². The highest BCUT2D eigenvalue weighted by molar-refractivity contribution is 7.47. The fourth-order valence-corrected chi connectivity index (χ4v) is 8.01. The van der Waals surface area contributed by atoms with Gasteiger partial charge in [0, 0.05) is 12.8 Å². The number of rotatable bonds is 47. The van der Waals surface area contributed by atoms with E-state index >= 15 is 0 Å². The van der Waals surface area contributed by atoms with Crippen molar-refractivity contribution in [3.63, 3.8) is 0 Å². The second-order valence-electron chi connectivity index (χ2n) is 19.0. The number of phosphoric ester groups is 1. The van der Waals surface area contributed by atoms with Crippen LogP contribution in [0.2, 0.25) is 0 Å². The van der Waals surface area contributed by atoms with Gasteiger partial charge in [0.05, 0.1) is 33.8 Å². The molecule has 0 aliphatic rings. The second-order valence-corrected chi connectivity index (χ2v) is 20.5. The second kappa shape index (κ2) is 46.2. The van der Waals surface area contributed by atoms with Crippen LogP contribution < -0.4 is 5.32 Å². The number of carbonyl (C=O) groups is 2. The Balaban J connectivity index is 5.50. The Hall–Kier alpha value is -2.55. The molecule has 0 aliphatic heterocycles. The van der Waals surface area contributed by atoms with Gasteiger partial charge < -0.3 is 19.4 Å². The monoisotopic (exact) mass is 946 g/mol. The smallest absolute Gasteiger partial charge is 0.456 e. The Morgan fingerprint density at radius 2 is 0.985 bits per heavy atom. The largest absolute Gasteiger partial charge is 0.472 e. The highest BCUT2D eigenvalue weighted by Gasteiger charge is 2.30. The number of quaternary nitrogens is 1. The minimum atomic E-state index is -4.46. The number of amides is 1. The van der Waals surface area contributed by atoms with Gasteiger partial charge in [-0.3, -0.25) is 18.6 Å². The molecule has 0 saturated carbocycles. The average molecular weight is 946 g/mol. The van der Waals surface area contributed by atoms with Crippen molar-refractivity contribution in [1.29, 1.82) is 0 Å². The maximum Gasteiger partial charge on any atom is 0.472 e. The summed E-state index contributed by atoms with van der Waals surface area (Å²) in [7, 11) is 1.45. The lowest BCUT2D eigenvalue weighted by atomic mass is 10.0. The van der Waals surface area contributed by atoms with Gasteiger partial charge in [-0.25, -0.2) is 4.57 Å². The highest BCUT2D eigenvalue weighted by Crippen LogP contribution is 2.43. The normalized spacial score (nSPS) is 14.5. The first-order chi connectivity index (χ1) is 31.9. The Morgan fingerprint density at radius 3 is 1.45 bits per heavy atom. The van der Waals surface area contributed by atoms with E-state index in [0.29, 0.717) is 17.4 Å². The number of phosphoric acid groups is 1. The molecule has 0 aromatic rings. The van der Waals surface area contributed by atoms with E-state index in [0.717, 1.165) is 70.6 Å². The summed E-state index contributed by atoms with van der Waals surface area (Å²) in [5.41, 5.74) is 0. The summed E-state index contributed by atoms with van der Waals surface area (Å²) in [6, 6.07) is -0.886. The van der Waals surface area contributed by atoms with Gasteiger partial charge in [-0.05, 0) is 63.9 Å². The van der Waals surface area contributed by atoms with Crippen LogP contribution in [0.1, 0.15) is 220 Å². The van der Waals surface area contributed by atoms with Crippen molar-refractivity contribution in [1.82, 2.24) is 5.32 Å². The van der Waals surface area contributed by atoms with E-state index in [1.165, 1.54) is 109 Å². The number of nitrogens with zero attached hydrogens (tertiary/aromatic N) is 1. The minimum absolute atomic E-state index is 0.0255. The molecule has 2 N–H and O–H groups in total. The van der Waals surface area contributed by atoms with E-state index < -0.39 is 20.0 Å². The molecule has 0 bridgehead atoms. The number of hydrogen-bond acceptors (Lipinski definition) is 6. The standard InChI is InChI=1S/C56H101N2O7P/c1-7-10-13-16-19-22-25-27-28-29-31-33-36-39-42-45-48-55(59)57-53(52-64-66(61,62)63-51-50-58(4,5)6)54(47-44-41-38-35-32-24-21-18-15-12-9-3)65-56(60)49-46-43-40-37-34-30-26-23-20-17-14-11-8-2/h10,13,19,22,27-28,31,33,39,42,44,47,53-54H,7-9,11-12,14-18,20-21,23-26,29-30,32,34-38,40-41,43,45-46,48-52H2,1-6H3,(H-,57,59,61,62)/p+1/b13-10+,22-19+,28-27+,33-31+,42-39+,47-44+. The molecule has 0 spiro atoms. The molecule has 0 aromatic carbocycles. The first-order valence-corrected chi connectivity index (χ1v) is 28.3. The van der Waals surface area contributed by atoms with Gasteiger partial charge in [0.25, 0.3) is 0 Å². The van der Waals surface area contributed by atoms with Crippen molar-refractivity contribution in [2.45, 2.75) is 232 Å². The molecule has 382 valence electrons. The highest BCUT2D eigenvalue weighted by atomic mass is 31.2. The number of carbonyl (C=O) groups excluding carboxylic acids is 2. The van der Waals surface area contributed by atoms with E-state index in [9.17, 15) is 19.0 Å². The SMILES string of the molecule is CC/C=C/C/C=C/C/C=C/C/C=C/C/C=C/CCC(=O)NC(COP(=O)(O)OCC[N+](C)(C)C)C(/C=C/CCCCCCCCCCC)OC(=O)CCCCCCCCCCCCCCC. The van der Waals surface area contributed by atoms with Crippen LogP contribution in [0.3, 0.4) is 0 Å². The molecule has 0 heterocycles. The fourth-order valence-electron chi connectivity index (χ4n) is 7.28. The zero-order chi connectivity index (χ0) is 48.7. The van der Waals surface area contributed by atoms with E-state index in [1.54, 1.807) is 0 Å². The zero-order valence-electron chi connectivity index (χ0n) is 43.4. The summed E-state index contributed by atoms with van der Waals surface area (Å²) in [4.78, 5) is 37.4. The number of nitrogens with one attached hydrogen (secondary N) is 1. The Bertz CT molecular complexity index is 1370. The van der Waals surface area contributed by atoms with Gasteiger partial charge in [-0.15, -0.1) is 0 Å². The molecule has 3 atom stereocenters. The zero-order valence-corrected chi connectivity index (χ0v) is 44.3. The molecule has 0 saturated heterocycles. The summed E-state index contributed by atoms with van der Waals surface area (Å²) in [5.74, 6) is -0.604. The van der Waals surface area contributed by atoms with Crippen LogP contribution in [0.25, 0.3) is 0 Å². The van der Waals surface area contributed by atoms with E-state index in [-0.39, 0.29) is 37.9 Å². The average Bonchev–Trinajstić information content (AvgIpc) is 3.27. The first-order valence-electron chi connectivity index (χ1n) is 26.8. The van der Waals surface area contributed by atoms with Gasteiger partial charge in [0.15, 0.2) is 0 Å². The Kier molecular flexibility index (Phi) is 44.4. The third-order valence-corrected chi connectivity index (χ3v) is 12.4. The molecule has 1 amide bonds. The molecule has 66 heavy (non-hydrogen) atoms. The maximum atomic E-state index is 13.4. The lowest BCUT2D eigenvalue weighted by Crippen LogP contribution is -2.47. The molecular weight excluding hydrogens is 844 g/mol. The summed E-state index contributed by atoms with van der Waals surface area (Å²) in [5, 5.41) is 2.99. The van der Waals surface area contributed by atoms with Crippen LogP contribution in [-0.4, -0.2) is 74.3 Å². The quantitative estimate of drug-likeness (QED) is 0.0205. The molecule has 0 rings (SSSR count). The molecule has 3 unspecified atom stereocenters. The maximum absolute atomic E-state index is 13.4. The van der Waals surface area contributed by atoms with Crippen molar-refractivity contribution < 1.29 is 37.3 Å². The summed E-state index contributed by atoms with van der Waals surface area (Å²) in [6.07, 6.45) is 57.7. The summed E-state index contributed by atoms with van der Waals surface area (Å²) < 4.78 is 30.5. The molecular formula is C56H102N2O7P+. The van der Waals surface area contributed by atoms with Crippen molar-refractivity contribution in [3.05, 3.63) is 72.9 Å². The van der Waals surface area contributed by atoms with E-state index in [4.69, 9.17) is 13.8 Å². The molecule has 0 aliphatic carbocycles. The molecule has 0 fully saturated rings. The van der Waals surface area contributed by atoms with E-state index in [1.807, 2.05) is 45.4 Å². The van der Waals surface area contributed by atoms with Crippen LogP contribution in [0.15, 0.2) is 72.9 Å². The number of allylic oxidation sites excluding steroid dienone is 11. The van der Waals surface area contributed by atoms with Gasteiger partial charge >= 0.3 is 13.8 Å². The predicted molar refractivity (Wildman–Crippen MR) is 281 cm³/mol. The van der Waals surface area contributed by atoms with Crippen LogP contribution in [-0.2, 0) is 27.9 Å². The number of hydrogen-bond donors (Lipinski definition) is 2. The molecule has 10 heteroatoms. The topological polar surface area (TPSA) is 111 Å². The van der Waals surface area contributed by atoms with Crippen molar-refractivity contribution in [3.8, 4) is 0 Å². The molecule has 0 radical (unpaired) electrons. The minimum Gasteiger partial charge on any atom is -0.456 e. The van der Waals surface area contributed by atoms with Gasteiger partial charge in [0.1, 0.15) is 19.3 Å². The number of esters is 1. The van der Waals surface area contributed by atoms with Crippen molar-refractivity contribution in [2.24, 2.45) is 0 Å². The van der Waals surface area contributed by atoms with Crippen molar-refractivity contribution in [2.75, 3.05) is 40.9 Å². The number of likely N-dealkylation sites (N-methyl/N-ethyl adjacent to an activating group) is 1. The fraction of sp³-hybridized carbons (Fsp3) is 0.750. The van der Waals surface area contributed by atoms with Gasteiger partial charge in [-0.1, -0.05) is 216 Å². The molecule has 9 nitrogen and oxygen atoms in total. The van der Waals surface area contributed by atoms with Crippen molar-refractivity contribution >= 4 is 19.7 Å². The van der Waals surface area contributed by atoms with Crippen LogP contribution in [0.4, 0.5) is 0 Å². The number of ether oxygens (including phenoxy) is 1. The van der Waals surface area contributed by atoms with E-state index in [2.05, 4.69) is 74.7 Å².